The van der Waals surface area contributed by atoms with Crippen molar-refractivity contribution >= 4 is 5.91 Å². The highest BCUT2D eigenvalue weighted by atomic mass is 16.5. The molecule has 1 aromatic rings. The van der Waals surface area contributed by atoms with Crippen LogP contribution in [0.5, 0.6) is 5.75 Å². The molecule has 0 saturated carbocycles. The van der Waals surface area contributed by atoms with Gasteiger partial charge in [0.1, 0.15) is 11.8 Å². The number of hydrogen-bond donors (Lipinski definition) is 2. The third kappa shape index (κ3) is 2.95. The van der Waals surface area contributed by atoms with Gasteiger partial charge in [-0.15, -0.1) is 0 Å². The van der Waals surface area contributed by atoms with E-state index < -0.39 is 23.2 Å². The van der Waals surface area contributed by atoms with Gasteiger partial charge in [-0.2, -0.15) is 15.8 Å². The largest absolute Gasteiger partial charge is 0.484 e. The van der Waals surface area contributed by atoms with Gasteiger partial charge in [0, 0.05) is 11.8 Å². The van der Waals surface area contributed by atoms with Crippen molar-refractivity contribution in [2.45, 2.75) is 5.92 Å². The van der Waals surface area contributed by atoms with Crippen LogP contribution in [0.1, 0.15) is 11.5 Å². The number of nitriles is 3. The summed E-state index contributed by atoms with van der Waals surface area (Å²) in [6.45, 7) is 0.269. The Kier molecular flexibility index (Phi) is 5.04. The molecule has 1 aromatic carbocycles. The highest BCUT2D eigenvalue weighted by molar-refractivity contribution is 5.75. The van der Waals surface area contributed by atoms with E-state index in [1.807, 2.05) is 18.2 Å². The summed E-state index contributed by atoms with van der Waals surface area (Å²) in [5.74, 6) is -1.33. The van der Waals surface area contributed by atoms with Crippen molar-refractivity contribution in [1.29, 1.82) is 15.8 Å². The molecule has 0 saturated heterocycles. The lowest BCUT2D eigenvalue weighted by atomic mass is 9.58. The summed E-state index contributed by atoms with van der Waals surface area (Å²) in [5.41, 5.74) is 11.0. The first-order valence-corrected chi connectivity index (χ1v) is 8.50. The molecule has 1 amide bonds. The third-order valence-electron chi connectivity index (χ3n) is 5.03. The molecule has 1 aliphatic heterocycles. The lowest BCUT2D eigenvalue weighted by Crippen LogP contribution is -2.44. The Bertz CT molecular complexity index is 992. The summed E-state index contributed by atoms with van der Waals surface area (Å²) in [7, 11) is 0. The van der Waals surface area contributed by atoms with Crippen LogP contribution in [0, 0.1) is 45.3 Å². The number of carbonyl (C=O) groups excluding carboxylic acids is 1. The Morgan fingerprint density at radius 3 is 2.71 bits per heavy atom. The van der Waals surface area contributed by atoms with Gasteiger partial charge in [0.2, 0.25) is 0 Å². The maximum absolute atomic E-state index is 11.0. The number of allylic oxidation sites excluding steroid dienone is 2. The smallest absolute Gasteiger partial charge is 0.255 e. The van der Waals surface area contributed by atoms with Gasteiger partial charge >= 0.3 is 0 Å². The molecular formula is C20H17N5O3. The zero-order chi connectivity index (χ0) is 20.3. The van der Waals surface area contributed by atoms with Crippen LogP contribution in [-0.4, -0.2) is 25.7 Å². The second-order valence-corrected chi connectivity index (χ2v) is 6.54. The van der Waals surface area contributed by atoms with Crippen molar-refractivity contribution < 1.29 is 14.3 Å². The summed E-state index contributed by atoms with van der Waals surface area (Å²) in [6, 6.07) is 12.9. The van der Waals surface area contributed by atoms with Crippen LogP contribution in [0.3, 0.4) is 0 Å². The molecule has 8 nitrogen and oxygen atoms in total. The van der Waals surface area contributed by atoms with Gasteiger partial charge in [0.25, 0.3) is 5.91 Å². The molecule has 0 aromatic heterocycles. The Morgan fingerprint density at radius 1 is 1.32 bits per heavy atom. The predicted octanol–water partition coefficient (Wildman–Crippen LogP) is 0.991. The molecule has 2 aliphatic rings. The zero-order valence-electron chi connectivity index (χ0n) is 14.9. The number of rotatable bonds is 4. The zero-order valence-corrected chi connectivity index (χ0v) is 14.9. The second kappa shape index (κ2) is 7.44. The number of benzene rings is 1. The average molecular weight is 375 g/mol. The summed E-state index contributed by atoms with van der Waals surface area (Å²) in [5, 5.41) is 29.5. The first kappa shape index (κ1) is 19.0. The van der Waals surface area contributed by atoms with Crippen molar-refractivity contribution in [3.05, 3.63) is 52.7 Å². The maximum Gasteiger partial charge on any atom is 0.255 e. The fourth-order valence-corrected chi connectivity index (χ4v) is 3.81. The number of amides is 1. The van der Waals surface area contributed by atoms with Crippen LogP contribution in [0.4, 0.5) is 0 Å². The number of carbonyl (C=O) groups is 1. The molecule has 1 aliphatic carbocycles. The van der Waals surface area contributed by atoms with Crippen LogP contribution >= 0.6 is 0 Å². The number of fused-ring (bicyclic) bond motifs is 1. The van der Waals surface area contributed by atoms with E-state index in [1.165, 1.54) is 0 Å². The fourth-order valence-electron chi connectivity index (χ4n) is 3.81. The highest BCUT2D eigenvalue weighted by Gasteiger charge is 2.54. The summed E-state index contributed by atoms with van der Waals surface area (Å²) in [4.78, 5) is 11.0. The van der Waals surface area contributed by atoms with Gasteiger partial charge in [-0.3, -0.25) is 4.79 Å². The van der Waals surface area contributed by atoms with Crippen LogP contribution in [0.2, 0.25) is 0 Å². The van der Waals surface area contributed by atoms with Crippen LogP contribution in [0.15, 0.2) is 47.2 Å². The minimum atomic E-state index is -1.74. The van der Waals surface area contributed by atoms with Crippen molar-refractivity contribution in [2.75, 3.05) is 19.8 Å². The number of hydrogen-bond acceptors (Lipinski definition) is 7. The van der Waals surface area contributed by atoms with E-state index in [1.54, 1.807) is 30.3 Å². The van der Waals surface area contributed by atoms with Crippen molar-refractivity contribution in [3.63, 3.8) is 0 Å². The normalized spacial score (nSPS) is 22.7. The summed E-state index contributed by atoms with van der Waals surface area (Å²) >= 11 is 0. The molecule has 3 rings (SSSR count). The van der Waals surface area contributed by atoms with E-state index in [0.29, 0.717) is 23.5 Å². The molecule has 2 atom stereocenters. The first-order valence-electron chi connectivity index (χ1n) is 8.50. The SMILES string of the molecule is N#CC1=C(N)C(C#N)(C#N)[C@H](c2cccc(OCC(N)=O)c2)[C@@H]2COCC=C12. The Balaban J connectivity index is 2.18. The van der Waals surface area contributed by atoms with Crippen LogP contribution in [-0.2, 0) is 9.53 Å². The topological polar surface area (TPSA) is 159 Å². The van der Waals surface area contributed by atoms with E-state index in [-0.39, 0.29) is 24.5 Å². The minimum absolute atomic E-state index is 0.0575. The molecule has 28 heavy (non-hydrogen) atoms. The second-order valence-electron chi connectivity index (χ2n) is 6.54. The minimum Gasteiger partial charge on any atom is -0.484 e. The molecule has 0 spiro atoms. The predicted molar refractivity (Wildman–Crippen MR) is 96.7 cm³/mol. The number of primary amides is 1. The van der Waals surface area contributed by atoms with E-state index in [9.17, 15) is 20.6 Å². The number of nitrogens with zero attached hydrogens (tertiary/aromatic N) is 3. The first-order chi connectivity index (χ1) is 13.5. The summed E-state index contributed by atoms with van der Waals surface area (Å²) in [6.07, 6.45) is 1.76. The molecule has 0 fully saturated rings. The third-order valence-corrected chi connectivity index (χ3v) is 5.03. The van der Waals surface area contributed by atoms with E-state index in [0.717, 1.165) is 0 Å². The Labute approximate surface area is 161 Å². The number of nitrogens with two attached hydrogens (primary N) is 2. The molecule has 140 valence electrons. The fraction of sp³-hybridized carbons (Fsp3) is 0.300. The Morgan fingerprint density at radius 2 is 2.07 bits per heavy atom. The van der Waals surface area contributed by atoms with Gasteiger partial charge in [-0.1, -0.05) is 18.2 Å². The molecule has 1 heterocycles. The summed E-state index contributed by atoms with van der Waals surface area (Å²) < 4.78 is 10.9. The van der Waals surface area contributed by atoms with Crippen molar-refractivity contribution in [1.82, 2.24) is 0 Å². The van der Waals surface area contributed by atoms with Gasteiger partial charge in [0.15, 0.2) is 12.0 Å². The molecule has 4 N–H and O–H groups in total. The van der Waals surface area contributed by atoms with Gasteiger partial charge in [0.05, 0.1) is 36.6 Å². The highest BCUT2D eigenvalue weighted by Crippen LogP contribution is 2.54. The number of ether oxygens (including phenoxy) is 2. The Hall–Kier alpha value is -3.80. The van der Waals surface area contributed by atoms with Gasteiger partial charge in [-0.25, -0.2) is 0 Å². The van der Waals surface area contributed by atoms with E-state index in [4.69, 9.17) is 20.9 Å². The standard InChI is InChI=1S/C20H17N5O3/c21-7-15-14-4-5-27-8-16(14)18(20(10-22,11-23)19(15)25)12-2-1-3-13(6-12)28-9-17(24)26/h1-4,6,16,18H,5,8-9,25H2,(H2,24,26)/t16-,18-/m1/s1. The molecular weight excluding hydrogens is 358 g/mol. The molecule has 0 unspecified atom stereocenters. The quantitative estimate of drug-likeness (QED) is 0.793. The van der Waals surface area contributed by atoms with Gasteiger partial charge in [-0.05, 0) is 23.3 Å². The average Bonchev–Trinajstić information content (AvgIpc) is 2.71. The van der Waals surface area contributed by atoms with Crippen LogP contribution in [0.25, 0.3) is 0 Å². The van der Waals surface area contributed by atoms with Gasteiger partial charge < -0.3 is 20.9 Å². The van der Waals surface area contributed by atoms with E-state index in [2.05, 4.69) is 0 Å². The van der Waals surface area contributed by atoms with E-state index >= 15 is 0 Å². The van der Waals surface area contributed by atoms with Crippen molar-refractivity contribution in [3.8, 4) is 24.0 Å². The van der Waals surface area contributed by atoms with Crippen LogP contribution < -0.4 is 16.2 Å². The van der Waals surface area contributed by atoms with Crippen molar-refractivity contribution in [2.24, 2.45) is 22.8 Å². The maximum atomic E-state index is 11.0. The lowest BCUT2D eigenvalue weighted by Gasteiger charge is -2.43. The lowest BCUT2D eigenvalue weighted by molar-refractivity contribution is -0.119. The molecule has 8 heteroatoms. The monoisotopic (exact) mass is 375 g/mol. The molecule has 0 bridgehead atoms. The molecule has 0 radical (unpaired) electrons.